The zero-order valence-electron chi connectivity index (χ0n) is 5.50. The summed E-state index contributed by atoms with van der Waals surface area (Å²) < 4.78 is 1.01. The summed E-state index contributed by atoms with van der Waals surface area (Å²) in [6, 6.07) is 3.90. The Hall–Kier alpha value is -0.480. The monoisotopic (exact) mass is 228 g/mol. The average Bonchev–Trinajstić information content (AvgIpc) is 2.34. The van der Waals surface area contributed by atoms with E-state index in [0.717, 1.165) is 20.4 Å². The van der Waals surface area contributed by atoms with Crippen LogP contribution < -0.4 is 0 Å². The number of imidazole rings is 1. The maximum Gasteiger partial charge on any atom is 0.102 e. The van der Waals surface area contributed by atoms with Crippen molar-refractivity contribution in [2.24, 2.45) is 0 Å². The number of H-pyrrole nitrogens is 1. The number of hydrogen-bond acceptors (Lipinski definition) is 2. The standard InChI is InChI=1S/C7H5BrN2S/c8-4-1-5-7(6(11)2-4)10-3-9-5/h1-3,11H,(H,9,10). The highest BCUT2D eigenvalue weighted by Gasteiger charge is 2.00. The van der Waals surface area contributed by atoms with Crippen LogP contribution in [-0.2, 0) is 0 Å². The number of hydrogen-bond donors (Lipinski definition) is 2. The van der Waals surface area contributed by atoms with E-state index in [1.807, 2.05) is 12.1 Å². The van der Waals surface area contributed by atoms with E-state index in [1.54, 1.807) is 6.33 Å². The minimum absolute atomic E-state index is 0.885. The van der Waals surface area contributed by atoms with Crippen LogP contribution in [0.1, 0.15) is 0 Å². The van der Waals surface area contributed by atoms with Crippen molar-refractivity contribution in [1.82, 2.24) is 9.97 Å². The van der Waals surface area contributed by atoms with E-state index in [9.17, 15) is 0 Å². The second-order valence-corrected chi connectivity index (χ2v) is 3.62. The topological polar surface area (TPSA) is 28.7 Å². The molecule has 11 heavy (non-hydrogen) atoms. The third-order valence-corrected chi connectivity index (χ3v) is 2.27. The summed E-state index contributed by atoms with van der Waals surface area (Å²) in [6.45, 7) is 0. The highest BCUT2D eigenvalue weighted by molar-refractivity contribution is 9.10. The van der Waals surface area contributed by atoms with Gasteiger partial charge in [0, 0.05) is 9.37 Å². The van der Waals surface area contributed by atoms with E-state index in [0.29, 0.717) is 0 Å². The fourth-order valence-electron chi connectivity index (χ4n) is 0.997. The minimum atomic E-state index is 0.885. The van der Waals surface area contributed by atoms with Crippen LogP contribution in [0.25, 0.3) is 11.0 Å². The van der Waals surface area contributed by atoms with Gasteiger partial charge in [0.2, 0.25) is 0 Å². The van der Waals surface area contributed by atoms with Crippen LogP contribution in [0.4, 0.5) is 0 Å². The van der Waals surface area contributed by atoms with Gasteiger partial charge in [-0.2, -0.15) is 0 Å². The van der Waals surface area contributed by atoms with Crippen LogP contribution in [0.5, 0.6) is 0 Å². The van der Waals surface area contributed by atoms with Crippen LogP contribution in [0.3, 0.4) is 0 Å². The van der Waals surface area contributed by atoms with Crippen molar-refractivity contribution >= 4 is 39.6 Å². The van der Waals surface area contributed by atoms with Crippen molar-refractivity contribution < 1.29 is 0 Å². The van der Waals surface area contributed by atoms with Gasteiger partial charge in [0.05, 0.1) is 11.8 Å². The van der Waals surface area contributed by atoms with Crippen LogP contribution in [0, 0.1) is 0 Å². The maximum absolute atomic E-state index is 4.27. The lowest BCUT2D eigenvalue weighted by atomic mass is 10.3. The van der Waals surface area contributed by atoms with Gasteiger partial charge in [-0.25, -0.2) is 4.98 Å². The predicted octanol–water partition coefficient (Wildman–Crippen LogP) is 2.61. The van der Waals surface area contributed by atoms with E-state index in [1.165, 1.54) is 0 Å². The zero-order valence-corrected chi connectivity index (χ0v) is 7.98. The van der Waals surface area contributed by atoms with Crippen LogP contribution in [-0.4, -0.2) is 9.97 Å². The number of halogens is 1. The van der Waals surface area contributed by atoms with Gasteiger partial charge in [0.15, 0.2) is 0 Å². The van der Waals surface area contributed by atoms with E-state index in [4.69, 9.17) is 0 Å². The van der Waals surface area contributed by atoms with Crippen LogP contribution in [0.15, 0.2) is 27.8 Å². The number of thiol groups is 1. The number of rotatable bonds is 0. The number of nitrogens with zero attached hydrogens (tertiary/aromatic N) is 1. The highest BCUT2D eigenvalue weighted by Crippen LogP contribution is 2.23. The van der Waals surface area contributed by atoms with Gasteiger partial charge in [-0.1, -0.05) is 15.9 Å². The van der Waals surface area contributed by atoms with Gasteiger partial charge >= 0.3 is 0 Å². The Morgan fingerprint density at radius 3 is 3.09 bits per heavy atom. The first-order chi connectivity index (χ1) is 5.27. The molecule has 0 aliphatic heterocycles. The Balaban J connectivity index is 2.91. The molecule has 1 N–H and O–H groups in total. The van der Waals surface area contributed by atoms with Gasteiger partial charge in [0.1, 0.15) is 5.52 Å². The molecular formula is C7H5BrN2S. The molecule has 0 spiro atoms. The van der Waals surface area contributed by atoms with Gasteiger partial charge in [-0.3, -0.25) is 0 Å². The molecule has 1 aromatic carbocycles. The molecule has 0 saturated heterocycles. The van der Waals surface area contributed by atoms with Crippen molar-refractivity contribution in [2.45, 2.75) is 4.90 Å². The van der Waals surface area contributed by atoms with Gasteiger partial charge in [-0.05, 0) is 12.1 Å². The number of nitrogens with one attached hydrogen (secondary N) is 1. The molecule has 0 unspecified atom stereocenters. The largest absolute Gasteiger partial charge is 0.345 e. The zero-order chi connectivity index (χ0) is 7.84. The van der Waals surface area contributed by atoms with Crippen molar-refractivity contribution in [3.63, 3.8) is 0 Å². The first-order valence-corrected chi connectivity index (χ1v) is 4.33. The van der Waals surface area contributed by atoms with Crippen molar-refractivity contribution in [2.75, 3.05) is 0 Å². The molecule has 0 bridgehead atoms. The summed E-state index contributed by atoms with van der Waals surface area (Å²) >= 11 is 7.64. The van der Waals surface area contributed by atoms with E-state index in [2.05, 4.69) is 38.5 Å². The van der Waals surface area contributed by atoms with Crippen LogP contribution in [0.2, 0.25) is 0 Å². The van der Waals surface area contributed by atoms with E-state index >= 15 is 0 Å². The van der Waals surface area contributed by atoms with Crippen molar-refractivity contribution in [3.8, 4) is 0 Å². The molecule has 56 valence electrons. The third-order valence-electron chi connectivity index (χ3n) is 1.47. The van der Waals surface area contributed by atoms with E-state index in [-0.39, 0.29) is 0 Å². The smallest absolute Gasteiger partial charge is 0.102 e. The summed E-state index contributed by atoms with van der Waals surface area (Å²) in [7, 11) is 0. The van der Waals surface area contributed by atoms with E-state index < -0.39 is 0 Å². The molecule has 2 rings (SSSR count). The summed E-state index contributed by atoms with van der Waals surface area (Å²) in [5, 5.41) is 0. The molecule has 0 aliphatic rings. The molecule has 4 heteroatoms. The summed E-state index contributed by atoms with van der Waals surface area (Å²) in [6.07, 6.45) is 1.66. The normalized spacial score (nSPS) is 10.7. The highest BCUT2D eigenvalue weighted by atomic mass is 79.9. The molecule has 1 aromatic heterocycles. The number of aromatic nitrogens is 2. The molecule has 0 saturated carbocycles. The predicted molar refractivity (Wildman–Crippen MR) is 51.0 cm³/mol. The molecule has 0 fully saturated rings. The minimum Gasteiger partial charge on any atom is -0.345 e. The SMILES string of the molecule is Sc1cc(Br)cc2[nH]cnc12. The molecule has 0 atom stereocenters. The van der Waals surface area contributed by atoms with Gasteiger partial charge in [-0.15, -0.1) is 12.6 Å². The number of fused-ring (bicyclic) bond motifs is 1. The van der Waals surface area contributed by atoms with Crippen molar-refractivity contribution in [3.05, 3.63) is 22.9 Å². The second kappa shape index (κ2) is 2.53. The molecular weight excluding hydrogens is 224 g/mol. The molecule has 0 amide bonds. The maximum atomic E-state index is 4.27. The lowest BCUT2D eigenvalue weighted by molar-refractivity contribution is 1.33. The Kier molecular flexibility index (Phi) is 1.65. The van der Waals surface area contributed by atoms with Crippen molar-refractivity contribution in [1.29, 1.82) is 0 Å². The Morgan fingerprint density at radius 1 is 1.45 bits per heavy atom. The lowest BCUT2D eigenvalue weighted by Gasteiger charge is -1.94. The Morgan fingerprint density at radius 2 is 2.27 bits per heavy atom. The second-order valence-electron chi connectivity index (χ2n) is 2.22. The summed E-state index contributed by atoms with van der Waals surface area (Å²) in [4.78, 5) is 8.00. The Labute approximate surface area is 77.6 Å². The average molecular weight is 229 g/mol. The fraction of sp³-hybridized carbons (Fsp3) is 0. The van der Waals surface area contributed by atoms with Gasteiger partial charge in [0.25, 0.3) is 0 Å². The van der Waals surface area contributed by atoms with Gasteiger partial charge < -0.3 is 4.98 Å². The fourth-order valence-corrected chi connectivity index (χ4v) is 1.95. The summed E-state index contributed by atoms with van der Waals surface area (Å²) in [5.74, 6) is 0. The molecule has 2 aromatic rings. The third kappa shape index (κ3) is 1.16. The quantitative estimate of drug-likeness (QED) is 0.668. The first kappa shape index (κ1) is 7.18. The molecule has 0 radical (unpaired) electrons. The molecule has 1 heterocycles. The van der Waals surface area contributed by atoms with Crippen LogP contribution >= 0.6 is 28.6 Å². The molecule has 0 aliphatic carbocycles. The summed E-state index contributed by atoms with van der Waals surface area (Å²) in [5.41, 5.74) is 1.92. The lowest BCUT2D eigenvalue weighted by Crippen LogP contribution is -1.72. The first-order valence-electron chi connectivity index (χ1n) is 3.09. The Bertz CT molecular complexity index is 396. The number of aromatic amines is 1. The number of benzene rings is 1. The molecule has 2 nitrogen and oxygen atoms in total.